The van der Waals surface area contributed by atoms with Crippen molar-refractivity contribution in [2.75, 3.05) is 6.61 Å². The van der Waals surface area contributed by atoms with Crippen molar-refractivity contribution in [2.24, 2.45) is 17.3 Å². The van der Waals surface area contributed by atoms with Gasteiger partial charge in [0.05, 0.1) is 23.3 Å². The Bertz CT molecular complexity index is 1290. The SMILES string of the molecule is C=C1[C@@H](OC(C)=O)C[C@H](OC(C)=O)[C@@]2(C)[C@@H](OC(C)=O)C[C@@H](OC(C)=O)[C@]3(CO3)[C@@H]2[C@H](OC(C)=O)[C@]2(O)[C@@H](C)C(=O)O[C@H]2[C@H]1Cl. The third-order valence-corrected chi connectivity index (χ3v) is 10.0. The minimum Gasteiger partial charge on any atom is -0.462 e. The zero-order valence-corrected chi connectivity index (χ0v) is 26.9. The number of carbonyl (C=O) groups is 6. The molecule has 0 aromatic carbocycles. The number of carbonyl (C=O) groups excluding carboxylic acids is 6. The Labute approximate surface area is 264 Å². The Morgan fingerprint density at radius 1 is 0.844 bits per heavy atom. The molecule has 4 aliphatic rings. The lowest BCUT2D eigenvalue weighted by Crippen LogP contribution is -2.73. The lowest BCUT2D eigenvalue weighted by molar-refractivity contribution is -0.261. The molecule has 1 N–H and O–H groups in total. The fraction of sp³-hybridized carbons (Fsp3) is 0.733. The van der Waals surface area contributed by atoms with Crippen LogP contribution in [0, 0.1) is 17.3 Å². The maximum Gasteiger partial charge on any atom is 0.312 e. The van der Waals surface area contributed by atoms with Crippen molar-refractivity contribution in [3.05, 3.63) is 12.2 Å². The summed E-state index contributed by atoms with van der Waals surface area (Å²) < 4.78 is 40.6. The highest BCUT2D eigenvalue weighted by atomic mass is 35.5. The van der Waals surface area contributed by atoms with E-state index in [1.807, 2.05) is 0 Å². The molecule has 0 unspecified atom stereocenters. The van der Waals surface area contributed by atoms with Gasteiger partial charge in [-0.05, 0) is 12.5 Å². The number of rotatable bonds is 5. The number of epoxide rings is 1. The van der Waals surface area contributed by atoms with Gasteiger partial charge < -0.3 is 38.3 Å². The second kappa shape index (κ2) is 12.2. The van der Waals surface area contributed by atoms with Crippen LogP contribution in [-0.4, -0.2) is 101 Å². The van der Waals surface area contributed by atoms with Crippen molar-refractivity contribution >= 4 is 47.4 Å². The Balaban J connectivity index is 2.12. The maximum atomic E-state index is 13.2. The van der Waals surface area contributed by atoms with Crippen LogP contribution in [0.15, 0.2) is 12.2 Å². The quantitative estimate of drug-likeness (QED) is 0.146. The molecule has 2 aliphatic heterocycles. The van der Waals surface area contributed by atoms with Crippen LogP contribution in [0.1, 0.15) is 61.3 Å². The van der Waals surface area contributed by atoms with Crippen LogP contribution in [0.25, 0.3) is 0 Å². The van der Waals surface area contributed by atoms with Gasteiger partial charge in [0.1, 0.15) is 36.1 Å². The molecule has 0 amide bonds. The van der Waals surface area contributed by atoms with Crippen molar-refractivity contribution in [2.45, 2.75) is 115 Å². The number of ether oxygens (including phenoxy) is 7. The lowest BCUT2D eigenvalue weighted by atomic mass is 9.51. The molecule has 0 radical (unpaired) electrons. The van der Waals surface area contributed by atoms with Gasteiger partial charge in [-0.2, -0.15) is 0 Å². The standard InChI is InChI=1S/C30H39ClO14/c1-12-19(40-14(3)32)9-20(41-15(4)33)28(8)21(42-16(5)34)10-22(43-17(6)35)29(11-39-29)24(28)26(44-18(7)36)30(38)13(2)27(37)45-25(30)23(12)31/h13,19-26,38H,1,9-11H2,2-8H3/t13-,19-,20-,21-,22+,23-,24+,25-,26-,28-,29+,30-/m0/s1. The molecule has 2 heterocycles. The van der Waals surface area contributed by atoms with Gasteiger partial charge in [0.15, 0.2) is 11.7 Å². The number of hydrogen-bond acceptors (Lipinski definition) is 14. The van der Waals surface area contributed by atoms with Crippen molar-refractivity contribution in [3.8, 4) is 0 Å². The second-order valence-corrected chi connectivity index (χ2v) is 12.9. The first-order chi connectivity index (χ1) is 20.8. The van der Waals surface area contributed by atoms with Crippen LogP contribution in [-0.2, 0) is 61.9 Å². The molecule has 2 saturated heterocycles. The second-order valence-electron chi connectivity index (χ2n) is 12.4. The van der Waals surface area contributed by atoms with Gasteiger partial charge in [-0.1, -0.05) is 13.5 Å². The van der Waals surface area contributed by atoms with Crippen LogP contribution >= 0.6 is 11.6 Å². The van der Waals surface area contributed by atoms with Gasteiger partial charge >= 0.3 is 35.8 Å². The van der Waals surface area contributed by atoms with Crippen molar-refractivity contribution < 1.29 is 67.0 Å². The van der Waals surface area contributed by atoms with Gasteiger partial charge in [-0.15, -0.1) is 11.6 Å². The Morgan fingerprint density at radius 3 is 1.78 bits per heavy atom. The molecule has 1 spiro atoms. The summed E-state index contributed by atoms with van der Waals surface area (Å²) in [5, 5.41) is 11.3. The molecule has 250 valence electrons. The molecular formula is C30H39ClO14. The first-order valence-corrected chi connectivity index (χ1v) is 15.0. The molecule has 45 heavy (non-hydrogen) atoms. The lowest BCUT2D eigenvalue weighted by Gasteiger charge is -2.58. The molecule has 14 nitrogen and oxygen atoms in total. The van der Waals surface area contributed by atoms with E-state index in [4.69, 9.17) is 44.8 Å². The maximum absolute atomic E-state index is 13.2. The fourth-order valence-electron chi connectivity index (χ4n) is 7.48. The van der Waals surface area contributed by atoms with Gasteiger partial charge in [-0.3, -0.25) is 28.8 Å². The zero-order valence-electron chi connectivity index (χ0n) is 26.2. The van der Waals surface area contributed by atoms with Crippen LogP contribution in [0.3, 0.4) is 0 Å². The van der Waals surface area contributed by atoms with Crippen LogP contribution < -0.4 is 0 Å². The minimum absolute atomic E-state index is 0.00649. The van der Waals surface area contributed by atoms with E-state index in [1.54, 1.807) is 6.92 Å². The van der Waals surface area contributed by atoms with Crippen molar-refractivity contribution in [3.63, 3.8) is 0 Å². The Morgan fingerprint density at radius 2 is 1.31 bits per heavy atom. The van der Waals surface area contributed by atoms with E-state index in [1.165, 1.54) is 13.8 Å². The van der Waals surface area contributed by atoms with E-state index in [0.717, 1.165) is 27.7 Å². The van der Waals surface area contributed by atoms with Crippen molar-refractivity contribution in [1.29, 1.82) is 0 Å². The summed E-state index contributed by atoms with van der Waals surface area (Å²) in [7, 11) is 0. The highest BCUT2D eigenvalue weighted by Gasteiger charge is 2.79. The smallest absolute Gasteiger partial charge is 0.312 e. The Kier molecular flexibility index (Phi) is 9.37. The molecule has 0 aromatic heterocycles. The Hall–Kier alpha value is -3.23. The number of halogens is 1. The fourth-order valence-corrected chi connectivity index (χ4v) is 7.87. The van der Waals surface area contributed by atoms with Gasteiger partial charge in [-0.25, -0.2) is 0 Å². The molecule has 4 fully saturated rings. The number of esters is 6. The van der Waals surface area contributed by atoms with Crippen LogP contribution in [0.4, 0.5) is 0 Å². The first kappa shape index (κ1) is 34.6. The average molecular weight is 659 g/mol. The molecule has 15 heteroatoms. The van der Waals surface area contributed by atoms with E-state index in [2.05, 4.69) is 6.58 Å². The number of fused-ring (bicyclic) bond motifs is 3. The summed E-state index contributed by atoms with van der Waals surface area (Å²) in [6.07, 6.45) is -8.71. The third kappa shape index (κ3) is 5.92. The first-order valence-electron chi connectivity index (χ1n) is 14.6. The van der Waals surface area contributed by atoms with Gasteiger partial charge in [0.2, 0.25) is 0 Å². The normalized spacial score (nSPS) is 42.3. The van der Waals surface area contributed by atoms with E-state index >= 15 is 0 Å². The zero-order chi connectivity index (χ0) is 33.8. The molecular weight excluding hydrogens is 620 g/mol. The van der Waals surface area contributed by atoms with E-state index in [9.17, 15) is 33.9 Å². The summed E-state index contributed by atoms with van der Waals surface area (Å²) in [4.78, 5) is 75.9. The topological polar surface area (TPSA) is 191 Å². The van der Waals surface area contributed by atoms with E-state index < -0.39 is 106 Å². The molecule has 12 atom stereocenters. The number of hydrogen-bond donors (Lipinski definition) is 1. The molecule has 4 rings (SSSR count). The molecule has 0 bridgehead atoms. The predicted octanol–water partition coefficient (Wildman–Crippen LogP) is 1.30. The predicted molar refractivity (Wildman–Crippen MR) is 150 cm³/mol. The van der Waals surface area contributed by atoms with Crippen molar-refractivity contribution in [1.82, 2.24) is 0 Å². The summed E-state index contributed by atoms with van der Waals surface area (Å²) in [6, 6.07) is 0. The number of aliphatic hydroxyl groups is 1. The summed E-state index contributed by atoms with van der Waals surface area (Å²) in [5.41, 5.74) is -5.57. The molecule has 2 saturated carbocycles. The van der Waals surface area contributed by atoms with Gasteiger partial charge in [0, 0.05) is 53.4 Å². The monoisotopic (exact) mass is 658 g/mol. The third-order valence-electron chi connectivity index (χ3n) is 9.53. The highest BCUT2D eigenvalue weighted by Crippen LogP contribution is 2.63. The number of alkyl halides is 1. The summed E-state index contributed by atoms with van der Waals surface area (Å²) >= 11 is 6.87. The van der Waals surface area contributed by atoms with Crippen LogP contribution in [0.2, 0.25) is 0 Å². The summed E-state index contributed by atoms with van der Waals surface area (Å²) in [5.74, 6) is -7.41. The highest BCUT2D eigenvalue weighted by molar-refractivity contribution is 6.23. The average Bonchev–Trinajstić information content (AvgIpc) is 3.66. The largest absolute Gasteiger partial charge is 0.462 e. The molecule has 0 aromatic rings. The summed E-state index contributed by atoms with van der Waals surface area (Å²) in [6.45, 7) is 12.5. The van der Waals surface area contributed by atoms with Gasteiger partial charge in [0.25, 0.3) is 0 Å². The van der Waals surface area contributed by atoms with Crippen LogP contribution in [0.5, 0.6) is 0 Å². The molecule has 2 aliphatic carbocycles. The minimum atomic E-state index is -2.42. The van der Waals surface area contributed by atoms with E-state index in [-0.39, 0.29) is 25.0 Å². The van der Waals surface area contributed by atoms with E-state index in [0.29, 0.717) is 0 Å².